The predicted molar refractivity (Wildman–Crippen MR) is 121 cm³/mol. The predicted octanol–water partition coefficient (Wildman–Crippen LogP) is 5.40. The first-order chi connectivity index (χ1) is 14.6. The molecule has 30 heavy (non-hydrogen) atoms. The van der Waals surface area contributed by atoms with Crippen molar-refractivity contribution in [2.45, 2.75) is 6.92 Å². The zero-order chi connectivity index (χ0) is 20.9. The van der Waals surface area contributed by atoms with E-state index in [1.807, 2.05) is 61.5 Å². The standard InChI is InChI=1S/C24H23ClN2O3/c1-17-2-3-18(16-22(17)25)23-10-8-21(30-23)9-11-24(28)26-19-4-6-20(7-5-19)27-12-14-29-15-13-27/h2-11,16H,12-15H2,1H3,(H,26,28)/b11-9+. The van der Waals surface area contributed by atoms with Crippen LogP contribution in [0.4, 0.5) is 11.4 Å². The molecule has 6 heteroatoms. The largest absolute Gasteiger partial charge is 0.457 e. The third-order valence-corrected chi connectivity index (χ3v) is 5.40. The summed E-state index contributed by atoms with van der Waals surface area (Å²) in [6, 6.07) is 17.3. The SMILES string of the molecule is Cc1ccc(-c2ccc(/C=C/C(=O)Nc3ccc(N4CCOCC4)cc3)o2)cc1Cl. The number of rotatable bonds is 5. The number of amides is 1. The summed E-state index contributed by atoms with van der Waals surface area (Å²) in [5.41, 5.74) is 3.79. The molecule has 3 aromatic rings. The van der Waals surface area contributed by atoms with E-state index in [-0.39, 0.29) is 5.91 Å². The Labute approximate surface area is 180 Å². The van der Waals surface area contributed by atoms with Crippen LogP contribution in [-0.2, 0) is 9.53 Å². The summed E-state index contributed by atoms with van der Waals surface area (Å²) in [6.07, 6.45) is 3.11. The van der Waals surface area contributed by atoms with Crippen molar-refractivity contribution in [3.63, 3.8) is 0 Å². The molecule has 0 bridgehead atoms. The second-order valence-electron chi connectivity index (χ2n) is 7.13. The summed E-state index contributed by atoms with van der Waals surface area (Å²) < 4.78 is 11.2. The van der Waals surface area contributed by atoms with Crippen molar-refractivity contribution >= 4 is 35.0 Å². The molecule has 0 saturated carbocycles. The van der Waals surface area contributed by atoms with Crippen molar-refractivity contribution in [3.8, 4) is 11.3 Å². The van der Waals surface area contributed by atoms with Gasteiger partial charge in [0.15, 0.2) is 0 Å². The molecule has 1 fully saturated rings. The second-order valence-corrected chi connectivity index (χ2v) is 7.54. The lowest BCUT2D eigenvalue weighted by Crippen LogP contribution is -2.36. The summed E-state index contributed by atoms with van der Waals surface area (Å²) >= 11 is 6.19. The van der Waals surface area contributed by atoms with Crippen LogP contribution in [0, 0.1) is 6.92 Å². The quantitative estimate of drug-likeness (QED) is 0.559. The van der Waals surface area contributed by atoms with Crippen LogP contribution in [0.25, 0.3) is 17.4 Å². The van der Waals surface area contributed by atoms with Gasteiger partial charge in [-0.15, -0.1) is 0 Å². The molecule has 4 rings (SSSR count). The number of nitrogens with one attached hydrogen (secondary N) is 1. The van der Waals surface area contributed by atoms with Gasteiger partial charge in [0.2, 0.25) is 5.91 Å². The second kappa shape index (κ2) is 9.20. The number of halogens is 1. The van der Waals surface area contributed by atoms with Crippen LogP contribution in [0.1, 0.15) is 11.3 Å². The molecule has 1 saturated heterocycles. The average Bonchev–Trinajstić information content (AvgIpc) is 3.24. The number of benzene rings is 2. The Hall–Kier alpha value is -3.02. The van der Waals surface area contributed by atoms with Gasteiger partial charge in [-0.25, -0.2) is 0 Å². The molecular weight excluding hydrogens is 400 g/mol. The van der Waals surface area contributed by atoms with Crippen molar-refractivity contribution in [3.05, 3.63) is 77.0 Å². The van der Waals surface area contributed by atoms with Crippen LogP contribution in [0.2, 0.25) is 5.02 Å². The maximum atomic E-state index is 12.2. The van der Waals surface area contributed by atoms with E-state index in [4.69, 9.17) is 20.8 Å². The van der Waals surface area contributed by atoms with E-state index < -0.39 is 0 Å². The van der Waals surface area contributed by atoms with Gasteiger partial charge in [0.05, 0.1) is 13.2 Å². The van der Waals surface area contributed by atoms with Crippen LogP contribution < -0.4 is 10.2 Å². The number of hydrogen-bond donors (Lipinski definition) is 1. The van der Waals surface area contributed by atoms with Gasteiger partial charge in [-0.2, -0.15) is 0 Å². The molecule has 154 valence electrons. The molecule has 0 unspecified atom stereocenters. The Bertz CT molecular complexity index is 1050. The van der Waals surface area contributed by atoms with E-state index in [1.54, 1.807) is 6.08 Å². The minimum Gasteiger partial charge on any atom is -0.457 e. The summed E-state index contributed by atoms with van der Waals surface area (Å²) in [6.45, 7) is 5.21. The fraction of sp³-hybridized carbons (Fsp3) is 0.208. The van der Waals surface area contributed by atoms with Crippen LogP contribution in [0.5, 0.6) is 0 Å². The average molecular weight is 423 g/mol. The van der Waals surface area contributed by atoms with Crippen LogP contribution in [0.15, 0.2) is 65.1 Å². The highest BCUT2D eigenvalue weighted by Crippen LogP contribution is 2.27. The van der Waals surface area contributed by atoms with E-state index in [2.05, 4.69) is 10.2 Å². The molecule has 1 amide bonds. The molecule has 0 atom stereocenters. The first-order valence-electron chi connectivity index (χ1n) is 9.87. The molecule has 1 aliphatic rings. The van der Waals surface area contributed by atoms with Gasteiger partial charge in [0, 0.05) is 41.1 Å². The Kier molecular flexibility index (Phi) is 6.21. The number of hydrogen-bond acceptors (Lipinski definition) is 4. The van der Waals surface area contributed by atoms with Gasteiger partial charge < -0.3 is 19.4 Å². The smallest absolute Gasteiger partial charge is 0.248 e. The van der Waals surface area contributed by atoms with Crippen molar-refractivity contribution in [2.75, 3.05) is 36.5 Å². The topological polar surface area (TPSA) is 54.7 Å². The highest BCUT2D eigenvalue weighted by Gasteiger charge is 2.11. The number of furan rings is 1. The molecule has 1 N–H and O–H groups in total. The monoisotopic (exact) mass is 422 g/mol. The lowest BCUT2D eigenvalue weighted by molar-refractivity contribution is -0.111. The van der Waals surface area contributed by atoms with E-state index in [1.165, 1.54) is 6.08 Å². The molecule has 1 aromatic heterocycles. The summed E-state index contributed by atoms with van der Waals surface area (Å²) in [4.78, 5) is 14.5. The van der Waals surface area contributed by atoms with Gasteiger partial charge in [0.1, 0.15) is 11.5 Å². The zero-order valence-electron chi connectivity index (χ0n) is 16.7. The first kappa shape index (κ1) is 20.3. The van der Waals surface area contributed by atoms with E-state index in [0.29, 0.717) is 16.5 Å². The summed E-state index contributed by atoms with van der Waals surface area (Å²) in [7, 11) is 0. The number of morpholine rings is 1. The van der Waals surface area contributed by atoms with Crippen molar-refractivity contribution in [1.29, 1.82) is 0 Å². The molecule has 0 radical (unpaired) electrons. The van der Waals surface area contributed by atoms with Gasteiger partial charge in [-0.05, 0) is 61.0 Å². The zero-order valence-corrected chi connectivity index (χ0v) is 17.5. The Balaban J connectivity index is 1.36. The minimum absolute atomic E-state index is 0.217. The van der Waals surface area contributed by atoms with Gasteiger partial charge in [-0.3, -0.25) is 4.79 Å². The maximum absolute atomic E-state index is 12.2. The molecule has 0 spiro atoms. The van der Waals surface area contributed by atoms with Gasteiger partial charge >= 0.3 is 0 Å². The summed E-state index contributed by atoms with van der Waals surface area (Å²) in [5.74, 6) is 1.08. The first-order valence-corrected chi connectivity index (χ1v) is 10.2. The molecular formula is C24H23ClN2O3. The third-order valence-electron chi connectivity index (χ3n) is 4.99. The van der Waals surface area contributed by atoms with E-state index in [9.17, 15) is 4.79 Å². The van der Waals surface area contributed by atoms with Crippen LogP contribution in [-0.4, -0.2) is 32.2 Å². The minimum atomic E-state index is -0.217. The number of ether oxygens (including phenoxy) is 1. The number of nitrogens with zero attached hydrogens (tertiary/aromatic N) is 1. The normalized spacial score (nSPS) is 14.3. The van der Waals surface area contributed by atoms with E-state index in [0.717, 1.165) is 48.8 Å². The number of carbonyl (C=O) groups is 1. The lowest BCUT2D eigenvalue weighted by atomic mass is 10.1. The number of anilines is 2. The van der Waals surface area contributed by atoms with Crippen LogP contribution in [0.3, 0.4) is 0 Å². The number of carbonyl (C=O) groups excluding carboxylic acids is 1. The molecule has 2 aromatic carbocycles. The molecule has 2 heterocycles. The van der Waals surface area contributed by atoms with E-state index >= 15 is 0 Å². The van der Waals surface area contributed by atoms with Crippen molar-refractivity contribution < 1.29 is 13.9 Å². The molecule has 1 aliphatic heterocycles. The Morgan fingerprint density at radius 2 is 1.83 bits per heavy atom. The third kappa shape index (κ3) is 4.93. The van der Waals surface area contributed by atoms with Crippen molar-refractivity contribution in [1.82, 2.24) is 0 Å². The highest BCUT2D eigenvalue weighted by atomic mass is 35.5. The molecule has 0 aliphatic carbocycles. The molecule has 5 nitrogen and oxygen atoms in total. The van der Waals surface area contributed by atoms with Crippen LogP contribution >= 0.6 is 11.6 Å². The lowest BCUT2D eigenvalue weighted by Gasteiger charge is -2.28. The fourth-order valence-corrected chi connectivity index (χ4v) is 3.44. The van der Waals surface area contributed by atoms with Gasteiger partial charge in [0.25, 0.3) is 0 Å². The van der Waals surface area contributed by atoms with Crippen molar-refractivity contribution in [2.24, 2.45) is 0 Å². The number of aryl methyl sites for hydroxylation is 1. The highest BCUT2D eigenvalue weighted by molar-refractivity contribution is 6.31. The Morgan fingerprint density at radius 3 is 2.57 bits per heavy atom. The maximum Gasteiger partial charge on any atom is 0.248 e. The fourth-order valence-electron chi connectivity index (χ4n) is 3.26. The van der Waals surface area contributed by atoms with Gasteiger partial charge in [-0.1, -0.05) is 23.7 Å². The summed E-state index contributed by atoms with van der Waals surface area (Å²) in [5, 5.41) is 3.56. The Morgan fingerprint density at radius 1 is 1.07 bits per heavy atom.